The fourth-order valence-corrected chi connectivity index (χ4v) is 8.53. The minimum absolute atomic E-state index is 0.264. The molecule has 3 aliphatic rings. The topological polar surface area (TPSA) is 9.23 Å². The minimum atomic E-state index is 0.264. The van der Waals surface area contributed by atoms with Crippen LogP contribution in [0.1, 0.15) is 52.2 Å². The maximum atomic E-state index is 5.87. The summed E-state index contributed by atoms with van der Waals surface area (Å²) in [6.45, 7) is 9.92. The molecule has 2 heteroatoms. The molecule has 22 heavy (non-hydrogen) atoms. The second kappa shape index (κ2) is 6.30. The van der Waals surface area contributed by atoms with Crippen LogP contribution >= 0.6 is 0 Å². The molecule has 1 aromatic carbocycles. The summed E-state index contributed by atoms with van der Waals surface area (Å²) in [5.74, 6) is 2.84. The van der Waals surface area contributed by atoms with Crippen LogP contribution in [0.3, 0.4) is 0 Å². The number of methoxy groups -OCH3 is 1. The van der Waals surface area contributed by atoms with Crippen LogP contribution in [0.4, 0.5) is 0 Å². The zero-order valence-corrected chi connectivity index (χ0v) is 16.3. The summed E-state index contributed by atoms with van der Waals surface area (Å²) < 4.78 is 5.87. The number of hydrogen-bond acceptors (Lipinski definition) is 1. The molecule has 0 aromatic heterocycles. The summed E-state index contributed by atoms with van der Waals surface area (Å²) in [4.78, 5) is 1.59. The molecule has 1 aromatic rings. The van der Waals surface area contributed by atoms with Crippen molar-refractivity contribution in [1.29, 1.82) is 0 Å². The van der Waals surface area contributed by atoms with Crippen LogP contribution in [-0.2, 0) is 4.74 Å². The Balaban J connectivity index is 1.66. The van der Waals surface area contributed by atoms with Crippen LogP contribution in [0.25, 0.3) is 0 Å². The maximum absolute atomic E-state index is 5.87. The van der Waals surface area contributed by atoms with E-state index in [1.807, 2.05) is 7.11 Å². The molecule has 2 unspecified atom stereocenters. The third kappa shape index (κ3) is 2.79. The van der Waals surface area contributed by atoms with Crippen molar-refractivity contribution in [2.24, 2.45) is 23.2 Å². The molecule has 3 aliphatic carbocycles. The first-order chi connectivity index (χ1) is 10.4. The molecule has 0 amide bonds. The quantitative estimate of drug-likeness (QED) is 0.637. The van der Waals surface area contributed by atoms with Gasteiger partial charge in [0.15, 0.2) is 0 Å². The third-order valence-corrected chi connectivity index (χ3v) is 9.94. The monoisotopic (exact) mass is 366 g/mol. The van der Waals surface area contributed by atoms with Crippen LogP contribution in [0.15, 0.2) is 30.3 Å². The van der Waals surface area contributed by atoms with Gasteiger partial charge in [0.2, 0.25) is 0 Å². The number of rotatable bonds is 5. The van der Waals surface area contributed by atoms with E-state index in [-0.39, 0.29) is 6.10 Å². The molecule has 1 nitrogen and oxygen atoms in total. The van der Waals surface area contributed by atoms with Crippen molar-refractivity contribution < 1.29 is 4.74 Å². The van der Waals surface area contributed by atoms with Crippen LogP contribution in [0.5, 0.6) is 0 Å². The van der Waals surface area contributed by atoms with Crippen molar-refractivity contribution in [3.05, 3.63) is 35.9 Å². The van der Waals surface area contributed by atoms with Gasteiger partial charge in [0.25, 0.3) is 0 Å². The molecule has 3 saturated carbocycles. The predicted molar refractivity (Wildman–Crippen MR) is 94.3 cm³/mol. The Labute approximate surface area is 142 Å². The van der Waals surface area contributed by atoms with E-state index < -0.39 is 0 Å². The predicted octanol–water partition coefficient (Wildman–Crippen LogP) is 5.38. The van der Waals surface area contributed by atoms with E-state index in [0.717, 1.165) is 22.6 Å². The van der Waals surface area contributed by atoms with Gasteiger partial charge >= 0.3 is 142 Å². The van der Waals surface area contributed by atoms with Crippen LogP contribution in [0, 0.1) is 23.2 Å². The van der Waals surface area contributed by atoms with E-state index in [1.54, 1.807) is 0 Å². The average molecular weight is 365 g/mol. The Morgan fingerprint density at radius 2 is 1.86 bits per heavy atom. The first-order valence-corrected chi connectivity index (χ1v) is 10.7. The second-order valence-corrected chi connectivity index (χ2v) is 11.3. The van der Waals surface area contributed by atoms with Gasteiger partial charge in [0.05, 0.1) is 0 Å². The summed E-state index contributed by atoms with van der Waals surface area (Å²) in [5, 5.41) is 0. The summed E-state index contributed by atoms with van der Waals surface area (Å²) in [6, 6.07) is 10.8. The van der Waals surface area contributed by atoms with Crippen molar-refractivity contribution in [2.75, 3.05) is 7.11 Å². The van der Waals surface area contributed by atoms with Crippen LogP contribution in [-0.4, -0.2) is 22.1 Å². The fraction of sp³-hybridized carbons (Fsp3) is 0.700. The molecule has 0 aliphatic heterocycles. The van der Waals surface area contributed by atoms with Crippen molar-refractivity contribution in [2.45, 2.75) is 56.3 Å². The molecular formula is C20H30OSe. The molecule has 4 rings (SSSR count). The van der Waals surface area contributed by atoms with E-state index in [9.17, 15) is 0 Å². The van der Waals surface area contributed by atoms with Crippen molar-refractivity contribution >= 4 is 15.0 Å². The van der Waals surface area contributed by atoms with Crippen LogP contribution in [0.2, 0.25) is 9.63 Å². The van der Waals surface area contributed by atoms with E-state index in [2.05, 4.69) is 58.0 Å². The zero-order valence-electron chi connectivity index (χ0n) is 14.6. The summed E-state index contributed by atoms with van der Waals surface area (Å²) in [5.41, 5.74) is 1.95. The summed E-state index contributed by atoms with van der Waals surface area (Å²) in [7, 11) is 1.87. The standard InChI is InChI=1S/C20H30OSe/c1-13-17-11-16(20(17,3)4)12-18(13)22-14(2)19(21-5)15-9-7-6-8-10-15/h6-10,13-14,16-19H,11-12H2,1-5H3/t13-,14?,16+,17-,18-,19?/m1/s1. The Kier molecular flexibility index (Phi) is 4.74. The number of fused-ring (bicyclic) bond motifs is 2. The van der Waals surface area contributed by atoms with Crippen molar-refractivity contribution in [1.82, 2.24) is 0 Å². The molecule has 0 N–H and O–H groups in total. The first-order valence-electron chi connectivity index (χ1n) is 8.68. The average Bonchev–Trinajstić information content (AvgIpc) is 2.50. The van der Waals surface area contributed by atoms with Gasteiger partial charge in [-0.1, -0.05) is 0 Å². The Morgan fingerprint density at radius 3 is 2.41 bits per heavy atom. The van der Waals surface area contributed by atoms with Gasteiger partial charge in [-0.15, -0.1) is 0 Å². The molecule has 122 valence electrons. The molecule has 3 fully saturated rings. The van der Waals surface area contributed by atoms with E-state index in [0.29, 0.717) is 25.2 Å². The Hall–Kier alpha value is -0.301. The van der Waals surface area contributed by atoms with Crippen molar-refractivity contribution in [3.8, 4) is 0 Å². The molecule has 0 spiro atoms. The summed E-state index contributed by atoms with van der Waals surface area (Å²) >= 11 is 0.656. The van der Waals surface area contributed by atoms with Gasteiger partial charge in [-0.05, 0) is 0 Å². The molecule has 6 atom stereocenters. The van der Waals surface area contributed by atoms with E-state index >= 15 is 0 Å². The second-order valence-electron chi connectivity index (χ2n) is 7.90. The molecule has 2 bridgehead atoms. The van der Waals surface area contributed by atoms with E-state index in [4.69, 9.17) is 4.74 Å². The third-order valence-electron chi connectivity index (χ3n) is 6.48. The molecule has 0 radical (unpaired) electrons. The fourth-order valence-electron chi connectivity index (χ4n) is 4.87. The van der Waals surface area contributed by atoms with Gasteiger partial charge in [0.1, 0.15) is 0 Å². The Bertz CT molecular complexity index is 498. The summed E-state index contributed by atoms with van der Waals surface area (Å²) in [6.07, 6.45) is 3.21. The molecule has 0 heterocycles. The van der Waals surface area contributed by atoms with Gasteiger partial charge in [-0.2, -0.15) is 0 Å². The molecule has 0 saturated heterocycles. The van der Waals surface area contributed by atoms with Gasteiger partial charge in [0, 0.05) is 0 Å². The number of benzene rings is 1. The number of ether oxygens (including phenoxy) is 1. The number of hydrogen-bond donors (Lipinski definition) is 0. The molecular weight excluding hydrogens is 335 g/mol. The van der Waals surface area contributed by atoms with Gasteiger partial charge in [-0.25, -0.2) is 0 Å². The SMILES string of the molecule is COC(c1ccccc1)C(C)[Se][C@@H]1C[C@@H]2C[C@H]([C@H]1C)C2(C)C. The first kappa shape index (κ1) is 16.6. The Morgan fingerprint density at radius 1 is 1.18 bits per heavy atom. The zero-order chi connectivity index (χ0) is 15.9. The normalized spacial score (nSPS) is 35.5. The van der Waals surface area contributed by atoms with Gasteiger partial charge in [-0.3, -0.25) is 0 Å². The van der Waals surface area contributed by atoms with Crippen molar-refractivity contribution in [3.63, 3.8) is 0 Å². The van der Waals surface area contributed by atoms with Gasteiger partial charge < -0.3 is 0 Å². The van der Waals surface area contributed by atoms with E-state index in [1.165, 1.54) is 18.4 Å². The van der Waals surface area contributed by atoms with Crippen LogP contribution < -0.4 is 0 Å².